The highest BCUT2D eigenvalue weighted by atomic mass is 79.9. The molecule has 98 valence electrons. The first-order valence-corrected chi connectivity index (χ1v) is 8.55. The van der Waals surface area contributed by atoms with Gasteiger partial charge in [0.15, 0.2) is 0 Å². The highest BCUT2D eigenvalue weighted by Crippen LogP contribution is 2.23. The first-order valence-electron chi connectivity index (χ1n) is 5.27. The van der Waals surface area contributed by atoms with Gasteiger partial charge >= 0.3 is 0 Å². The Morgan fingerprint density at radius 2 is 2.00 bits per heavy atom. The molecule has 3 nitrogen and oxygen atoms in total. The molecule has 0 fully saturated rings. The summed E-state index contributed by atoms with van der Waals surface area (Å²) in [5.74, 6) is 0.170. The van der Waals surface area contributed by atoms with Gasteiger partial charge in [0.2, 0.25) is 10.0 Å². The van der Waals surface area contributed by atoms with Crippen LogP contribution in [-0.2, 0) is 16.6 Å². The van der Waals surface area contributed by atoms with Crippen molar-refractivity contribution in [3.8, 4) is 0 Å². The molecule has 0 unspecified atom stereocenters. The molecule has 0 atom stereocenters. The Kier molecular flexibility index (Phi) is 4.80. The summed E-state index contributed by atoms with van der Waals surface area (Å²) in [5, 5.41) is 1.96. The first kappa shape index (κ1) is 15.1. The lowest BCUT2D eigenvalue weighted by Gasteiger charge is -2.23. The third-order valence-corrected chi connectivity index (χ3v) is 6.08. The van der Waals surface area contributed by atoms with Crippen LogP contribution in [0.25, 0.3) is 0 Å². The standard InChI is InChI=1S/C11H18BrNO2S2/c1-11(2,3)8-17(14,15)13(4)6-10-5-9(12)7-16-10/h5,7H,6,8H2,1-4H3. The van der Waals surface area contributed by atoms with E-state index in [1.165, 1.54) is 4.31 Å². The predicted octanol–water partition coefficient (Wildman–Crippen LogP) is 3.32. The Balaban J connectivity index is 2.73. The summed E-state index contributed by atoms with van der Waals surface area (Å²) in [6, 6.07) is 1.95. The second-order valence-corrected chi connectivity index (χ2v) is 9.29. The Morgan fingerprint density at radius 3 is 2.41 bits per heavy atom. The first-order chi connectivity index (χ1) is 7.60. The Labute approximate surface area is 116 Å². The minimum atomic E-state index is -3.18. The second-order valence-electron chi connectivity index (χ2n) is 5.30. The molecule has 0 aliphatic rings. The maximum atomic E-state index is 12.1. The number of nitrogens with zero attached hydrogens (tertiary/aromatic N) is 1. The molecule has 0 bridgehead atoms. The van der Waals surface area contributed by atoms with Gasteiger partial charge in [0.1, 0.15) is 0 Å². The molecule has 0 radical (unpaired) electrons. The number of halogens is 1. The summed E-state index contributed by atoms with van der Waals surface area (Å²) >= 11 is 4.92. The zero-order chi connectivity index (χ0) is 13.3. The average molecular weight is 340 g/mol. The van der Waals surface area contributed by atoms with Crippen molar-refractivity contribution in [1.82, 2.24) is 4.31 Å². The van der Waals surface area contributed by atoms with Crippen LogP contribution in [0.4, 0.5) is 0 Å². The van der Waals surface area contributed by atoms with Crippen molar-refractivity contribution in [2.75, 3.05) is 12.8 Å². The molecule has 1 rings (SSSR count). The maximum absolute atomic E-state index is 12.1. The summed E-state index contributed by atoms with van der Waals surface area (Å²) in [5.41, 5.74) is -0.219. The van der Waals surface area contributed by atoms with Crippen LogP contribution in [-0.4, -0.2) is 25.5 Å². The lowest BCUT2D eigenvalue weighted by Crippen LogP contribution is -2.33. The topological polar surface area (TPSA) is 37.4 Å². The number of hydrogen-bond donors (Lipinski definition) is 0. The van der Waals surface area contributed by atoms with Gasteiger partial charge in [0, 0.05) is 28.3 Å². The molecule has 0 N–H and O–H groups in total. The van der Waals surface area contributed by atoms with E-state index in [2.05, 4.69) is 15.9 Å². The summed E-state index contributed by atoms with van der Waals surface area (Å²) in [4.78, 5) is 1.04. The lowest BCUT2D eigenvalue weighted by molar-refractivity contribution is 0.421. The molecule has 0 saturated carbocycles. The van der Waals surface area contributed by atoms with Crippen molar-refractivity contribution in [2.24, 2.45) is 5.41 Å². The third-order valence-electron chi connectivity index (χ3n) is 2.09. The van der Waals surface area contributed by atoms with E-state index in [9.17, 15) is 8.42 Å². The van der Waals surface area contributed by atoms with E-state index in [1.807, 2.05) is 32.2 Å². The Bertz CT molecular complexity index is 474. The van der Waals surface area contributed by atoms with Crippen molar-refractivity contribution >= 4 is 37.3 Å². The molecular formula is C11H18BrNO2S2. The van der Waals surface area contributed by atoms with Crippen molar-refractivity contribution < 1.29 is 8.42 Å². The monoisotopic (exact) mass is 339 g/mol. The summed E-state index contributed by atoms with van der Waals surface area (Å²) < 4.78 is 26.6. The van der Waals surface area contributed by atoms with Crippen LogP contribution in [0, 0.1) is 5.41 Å². The third kappa shape index (κ3) is 5.07. The van der Waals surface area contributed by atoms with Crippen LogP contribution < -0.4 is 0 Å². The largest absolute Gasteiger partial charge is 0.214 e. The SMILES string of the molecule is CN(Cc1cc(Br)cs1)S(=O)(=O)CC(C)(C)C. The molecule has 1 heterocycles. The normalized spacial score (nSPS) is 13.3. The van der Waals surface area contributed by atoms with Crippen LogP contribution in [0.2, 0.25) is 0 Å². The Morgan fingerprint density at radius 1 is 1.41 bits per heavy atom. The number of thiophene rings is 1. The van der Waals surface area contributed by atoms with Crippen molar-refractivity contribution in [3.63, 3.8) is 0 Å². The molecule has 6 heteroatoms. The van der Waals surface area contributed by atoms with E-state index in [0.717, 1.165) is 9.35 Å². The molecular weight excluding hydrogens is 322 g/mol. The molecule has 0 aliphatic heterocycles. The summed E-state index contributed by atoms with van der Waals surface area (Å²) in [6.45, 7) is 6.23. The zero-order valence-electron chi connectivity index (χ0n) is 10.5. The fourth-order valence-electron chi connectivity index (χ4n) is 1.41. The quantitative estimate of drug-likeness (QED) is 0.843. The van der Waals surface area contributed by atoms with Crippen LogP contribution in [0.3, 0.4) is 0 Å². The highest BCUT2D eigenvalue weighted by molar-refractivity contribution is 9.10. The van der Waals surface area contributed by atoms with Gasteiger partial charge in [0.05, 0.1) is 5.75 Å². The van der Waals surface area contributed by atoms with Crippen LogP contribution in [0.1, 0.15) is 25.6 Å². The van der Waals surface area contributed by atoms with E-state index in [0.29, 0.717) is 6.54 Å². The minimum Gasteiger partial charge on any atom is -0.212 e. The fourth-order valence-corrected chi connectivity index (χ4v) is 4.65. The van der Waals surface area contributed by atoms with E-state index in [1.54, 1.807) is 18.4 Å². The van der Waals surface area contributed by atoms with Crippen molar-refractivity contribution in [2.45, 2.75) is 27.3 Å². The van der Waals surface area contributed by atoms with Gasteiger partial charge in [-0.3, -0.25) is 0 Å². The highest BCUT2D eigenvalue weighted by Gasteiger charge is 2.25. The molecule has 0 aromatic carbocycles. The number of rotatable bonds is 4. The molecule has 0 amide bonds. The maximum Gasteiger partial charge on any atom is 0.214 e. The average Bonchev–Trinajstić information content (AvgIpc) is 2.46. The van der Waals surface area contributed by atoms with Gasteiger partial charge in [-0.15, -0.1) is 11.3 Å². The van der Waals surface area contributed by atoms with E-state index >= 15 is 0 Å². The van der Waals surface area contributed by atoms with Crippen LogP contribution in [0.5, 0.6) is 0 Å². The van der Waals surface area contributed by atoms with E-state index in [4.69, 9.17) is 0 Å². The second kappa shape index (κ2) is 5.38. The molecule has 1 aromatic rings. The van der Waals surface area contributed by atoms with Gasteiger partial charge in [-0.1, -0.05) is 20.8 Å². The van der Waals surface area contributed by atoms with Gasteiger partial charge in [-0.2, -0.15) is 4.31 Å². The van der Waals surface area contributed by atoms with E-state index in [-0.39, 0.29) is 11.2 Å². The van der Waals surface area contributed by atoms with Gasteiger partial charge in [-0.05, 0) is 27.4 Å². The van der Waals surface area contributed by atoms with E-state index < -0.39 is 10.0 Å². The molecule has 0 saturated heterocycles. The lowest BCUT2D eigenvalue weighted by atomic mass is 10.0. The number of hydrogen-bond acceptors (Lipinski definition) is 3. The molecule has 1 aromatic heterocycles. The van der Waals surface area contributed by atoms with Gasteiger partial charge in [0.25, 0.3) is 0 Å². The smallest absolute Gasteiger partial charge is 0.212 e. The van der Waals surface area contributed by atoms with Crippen LogP contribution >= 0.6 is 27.3 Å². The summed E-state index contributed by atoms with van der Waals surface area (Å²) in [7, 11) is -1.55. The van der Waals surface area contributed by atoms with Gasteiger partial charge in [-0.25, -0.2) is 8.42 Å². The Hall–Kier alpha value is 0.0900. The van der Waals surface area contributed by atoms with Gasteiger partial charge < -0.3 is 0 Å². The molecule has 17 heavy (non-hydrogen) atoms. The summed E-state index contributed by atoms with van der Waals surface area (Å²) in [6.07, 6.45) is 0. The zero-order valence-corrected chi connectivity index (χ0v) is 13.7. The van der Waals surface area contributed by atoms with Crippen LogP contribution in [0.15, 0.2) is 15.9 Å². The number of sulfonamides is 1. The van der Waals surface area contributed by atoms with Crippen molar-refractivity contribution in [3.05, 3.63) is 20.8 Å². The minimum absolute atomic E-state index is 0.170. The molecule has 0 aliphatic carbocycles. The predicted molar refractivity (Wildman–Crippen MR) is 76.7 cm³/mol. The molecule has 0 spiro atoms. The fraction of sp³-hybridized carbons (Fsp3) is 0.636. The van der Waals surface area contributed by atoms with Crippen molar-refractivity contribution in [1.29, 1.82) is 0 Å².